The van der Waals surface area contributed by atoms with Gasteiger partial charge in [0.2, 0.25) is 5.91 Å². The van der Waals surface area contributed by atoms with E-state index < -0.39 is 0 Å². The lowest BCUT2D eigenvalue weighted by Crippen LogP contribution is -2.55. The number of hydrogen-bond donors (Lipinski definition) is 1. The first-order valence-corrected chi connectivity index (χ1v) is 11.7. The molecule has 0 aromatic carbocycles. The number of aromatic nitrogens is 4. The standard InChI is InChI=1S/C23H33N5O3/c1-14(23-10-15-7-16(11-23)9-17(8-15)12-23)25-18(29)5-4-6-28-13-24-20-19(28)21(30)27(3)22(31)26(20)2/h13-17H,4-12H2,1-3H3,(H,25,29). The normalized spacial score (nSPS) is 30.1. The minimum absolute atomic E-state index is 0.0907. The van der Waals surface area contributed by atoms with Gasteiger partial charge in [0.05, 0.1) is 6.33 Å². The molecule has 0 saturated heterocycles. The van der Waals surface area contributed by atoms with Crippen molar-refractivity contribution in [2.24, 2.45) is 37.3 Å². The molecule has 2 heterocycles. The van der Waals surface area contributed by atoms with Gasteiger partial charge in [-0.05, 0) is 75.0 Å². The second kappa shape index (κ2) is 7.35. The van der Waals surface area contributed by atoms with E-state index in [4.69, 9.17) is 0 Å². The Morgan fingerprint density at radius 3 is 2.35 bits per heavy atom. The third-order valence-electron chi connectivity index (χ3n) is 8.40. The van der Waals surface area contributed by atoms with Crippen molar-refractivity contribution in [1.29, 1.82) is 0 Å². The Bertz CT molecular complexity index is 1110. The Labute approximate surface area is 181 Å². The molecule has 1 atom stereocenters. The quantitative estimate of drug-likeness (QED) is 0.763. The molecule has 4 aliphatic rings. The summed E-state index contributed by atoms with van der Waals surface area (Å²) in [6.45, 7) is 2.72. The first kappa shape index (κ1) is 20.5. The van der Waals surface area contributed by atoms with E-state index in [1.165, 1.54) is 50.1 Å². The van der Waals surface area contributed by atoms with Crippen LogP contribution in [0.25, 0.3) is 11.2 Å². The van der Waals surface area contributed by atoms with Crippen LogP contribution in [0.4, 0.5) is 0 Å². The number of aryl methyl sites for hydroxylation is 2. The Morgan fingerprint density at radius 2 is 1.74 bits per heavy atom. The molecule has 0 aliphatic heterocycles. The second-order valence-electron chi connectivity index (χ2n) is 10.5. The molecule has 6 rings (SSSR count). The summed E-state index contributed by atoms with van der Waals surface area (Å²) in [5.74, 6) is 2.71. The minimum atomic E-state index is -0.388. The summed E-state index contributed by atoms with van der Waals surface area (Å²) in [7, 11) is 3.08. The van der Waals surface area contributed by atoms with Crippen LogP contribution in [0.2, 0.25) is 0 Å². The zero-order valence-electron chi connectivity index (χ0n) is 18.8. The molecule has 2 aromatic heterocycles. The highest BCUT2D eigenvalue weighted by Gasteiger charge is 2.53. The van der Waals surface area contributed by atoms with Crippen LogP contribution >= 0.6 is 0 Å². The van der Waals surface area contributed by atoms with E-state index in [1.54, 1.807) is 17.9 Å². The van der Waals surface area contributed by atoms with Crippen molar-refractivity contribution in [2.75, 3.05) is 0 Å². The Morgan fingerprint density at radius 1 is 1.13 bits per heavy atom. The van der Waals surface area contributed by atoms with E-state index in [0.717, 1.165) is 22.3 Å². The predicted octanol–water partition coefficient (Wildman–Crippen LogP) is 1.93. The molecule has 4 aliphatic carbocycles. The molecular formula is C23H33N5O3. The molecule has 4 bridgehead atoms. The molecule has 168 valence electrons. The number of carbonyl (C=O) groups is 1. The van der Waals surface area contributed by atoms with Gasteiger partial charge in [0, 0.05) is 33.1 Å². The highest BCUT2D eigenvalue weighted by Crippen LogP contribution is 2.61. The number of carbonyl (C=O) groups excluding carboxylic acids is 1. The van der Waals surface area contributed by atoms with Crippen molar-refractivity contribution < 1.29 is 4.79 Å². The second-order valence-corrected chi connectivity index (χ2v) is 10.5. The minimum Gasteiger partial charge on any atom is -0.353 e. The third-order valence-corrected chi connectivity index (χ3v) is 8.40. The van der Waals surface area contributed by atoms with Crippen molar-refractivity contribution in [3.63, 3.8) is 0 Å². The fourth-order valence-electron chi connectivity index (χ4n) is 7.15. The lowest BCUT2D eigenvalue weighted by atomic mass is 9.48. The summed E-state index contributed by atoms with van der Waals surface area (Å²) in [6, 6.07) is 0.226. The molecule has 4 fully saturated rings. The maximum absolute atomic E-state index is 12.7. The number of rotatable bonds is 6. The zero-order chi connectivity index (χ0) is 21.9. The largest absolute Gasteiger partial charge is 0.353 e. The van der Waals surface area contributed by atoms with Crippen LogP contribution in [0.5, 0.6) is 0 Å². The Hall–Kier alpha value is -2.38. The first-order valence-electron chi connectivity index (χ1n) is 11.7. The van der Waals surface area contributed by atoms with E-state index in [9.17, 15) is 14.4 Å². The number of hydrogen-bond acceptors (Lipinski definition) is 4. The van der Waals surface area contributed by atoms with Crippen molar-refractivity contribution in [3.05, 3.63) is 27.2 Å². The molecule has 1 N–H and O–H groups in total. The molecule has 1 unspecified atom stereocenters. The van der Waals surface area contributed by atoms with E-state index in [2.05, 4.69) is 17.2 Å². The molecular weight excluding hydrogens is 394 g/mol. The van der Waals surface area contributed by atoms with Gasteiger partial charge in [-0.1, -0.05) is 0 Å². The molecule has 1 amide bonds. The molecule has 2 aromatic rings. The van der Waals surface area contributed by atoms with Crippen LogP contribution < -0.4 is 16.6 Å². The molecule has 4 saturated carbocycles. The summed E-state index contributed by atoms with van der Waals surface area (Å²) in [5, 5.41) is 3.32. The highest BCUT2D eigenvalue weighted by molar-refractivity contribution is 5.76. The molecule has 8 heteroatoms. The predicted molar refractivity (Wildman–Crippen MR) is 118 cm³/mol. The van der Waals surface area contributed by atoms with Crippen LogP contribution in [0.1, 0.15) is 58.3 Å². The third kappa shape index (κ3) is 3.34. The van der Waals surface area contributed by atoms with Gasteiger partial charge in [-0.15, -0.1) is 0 Å². The van der Waals surface area contributed by atoms with Gasteiger partial charge in [-0.25, -0.2) is 9.78 Å². The SMILES string of the molecule is CC(NC(=O)CCCn1cnc2c1c(=O)n(C)c(=O)n2C)C12CC3CC(CC(C3)C1)C2. The average molecular weight is 428 g/mol. The molecule has 0 spiro atoms. The summed E-state index contributed by atoms with van der Waals surface area (Å²) >= 11 is 0. The smallest absolute Gasteiger partial charge is 0.332 e. The topological polar surface area (TPSA) is 90.9 Å². The Balaban J connectivity index is 1.21. The lowest BCUT2D eigenvalue weighted by molar-refractivity contribution is -0.126. The van der Waals surface area contributed by atoms with Crippen LogP contribution in [-0.2, 0) is 25.4 Å². The van der Waals surface area contributed by atoms with Gasteiger partial charge in [0.15, 0.2) is 11.2 Å². The van der Waals surface area contributed by atoms with Gasteiger partial charge >= 0.3 is 5.69 Å². The molecule has 0 radical (unpaired) electrons. The van der Waals surface area contributed by atoms with Gasteiger partial charge < -0.3 is 9.88 Å². The number of imidazole rings is 1. The highest BCUT2D eigenvalue weighted by atomic mass is 16.2. The summed E-state index contributed by atoms with van der Waals surface area (Å²) in [5.41, 5.74) is 0.360. The summed E-state index contributed by atoms with van der Waals surface area (Å²) in [6.07, 6.45) is 10.7. The fourth-order valence-corrected chi connectivity index (χ4v) is 7.15. The van der Waals surface area contributed by atoms with E-state index in [-0.39, 0.29) is 23.2 Å². The maximum atomic E-state index is 12.7. The van der Waals surface area contributed by atoms with Crippen LogP contribution in [0.15, 0.2) is 15.9 Å². The lowest BCUT2D eigenvalue weighted by Gasteiger charge is -2.59. The number of nitrogens with zero attached hydrogens (tertiary/aromatic N) is 4. The summed E-state index contributed by atoms with van der Waals surface area (Å²) < 4.78 is 4.24. The van der Waals surface area contributed by atoms with E-state index in [1.807, 2.05) is 0 Å². The molecule has 8 nitrogen and oxygen atoms in total. The van der Waals surface area contributed by atoms with Crippen LogP contribution in [0, 0.1) is 23.2 Å². The number of amides is 1. The number of nitrogens with one attached hydrogen (secondary N) is 1. The first-order chi connectivity index (χ1) is 14.8. The van der Waals surface area contributed by atoms with Crippen LogP contribution in [-0.4, -0.2) is 30.6 Å². The van der Waals surface area contributed by atoms with E-state index in [0.29, 0.717) is 36.0 Å². The zero-order valence-corrected chi connectivity index (χ0v) is 18.8. The van der Waals surface area contributed by atoms with Gasteiger partial charge in [0.25, 0.3) is 5.56 Å². The monoisotopic (exact) mass is 427 g/mol. The average Bonchev–Trinajstić information content (AvgIpc) is 3.13. The Kier molecular flexibility index (Phi) is 4.86. The number of fused-ring (bicyclic) bond motifs is 1. The van der Waals surface area contributed by atoms with Crippen molar-refractivity contribution >= 4 is 17.1 Å². The summed E-state index contributed by atoms with van der Waals surface area (Å²) in [4.78, 5) is 41.6. The van der Waals surface area contributed by atoms with Gasteiger partial charge in [-0.2, -0.15) is 0 Å². The van der Waals surface area contributed by atoms with Crippen LogP contribution in [0.3, 0.4) is 0 Å². The van der Waals surface area contributed by atoms with Crippen molar-refractivity contribution in [2.45, 2.75) is 70.9 Å². The fraction of sp³-hybridized carbons (Fsp3) is 0.739. The van der Waals surface area contributed by atoms with Crippen molar-refractivity contribution in [1.82, 2.24) is 24.0 Å². The van der Waals surface area contributed by atoms with E-state index >= 15 is 0 Å². The molecule has 31 heavy (non-hydrogen) atoms. The maximum Gasteiger partial charge on any atom is 0.332 e. The van der Waals surface area contributed by atoms with Crippen molar-refractivity contribution in [3.8, 4) is 0 Å². The van der Waals surface area contributed by atoms with Gasteiger partial charge in [-0.3, -0.25) is 18.7 Å². The van der Waals surface area contributed by atoms with Gasteiger partial charge in [0.1, 0.15) is 0 Å².